The van der Waals surface area contributed by atoms with Crippen molar-refractivity contribution in [2.75, 3.05) is 20.2 Å². The normalized spacial score (nSPS) is 19.5. The first-order chi connectivity index (χ1) is 51.9. The Morgan fingerprint density at radius 2 is 0.955 bits per heavy atom. The van der Waals surface area contributed by atoms with Crippen LogP contribution in [-0.2, 0) is 28.1 Å². The van der Waals surface area contributed by atoms with Gasteiger partial charge in [0.2, 0.25) is 17.5 Å². The molecule has 11 heterocycles. The van der Waals surface area contributed by atoms with E-state index in [2.05, 4.69) is 57.3 Å². The molecule has 582 valence electrons. The third-order valence-electron chi connectivity index (χ3n) is 17.5. The Balaban J connectivity index is 0.000000146. The van der Waals surface area contributed by atoms with Crippen molar-refractivity contribution in [2.24, 2.45) is 0 Å². The molecule has 4 unspecified atom stereocenters. The van der Waals surface area contributed by atoms with E-state index in [1.165, 1.54) is 68.7 Å². The molecule has 111 heavy (non-hydrogen) atoms. The number of carbonyl (C=O) groups is 2. The highest BCUT2D eigenvalue weighted by Gasteiger charge is 2.46. The average molecular weight is 1700 g/mol. The van der Waals surface area contributed by atoms with Crippen molar-refractivity contribution < 1.29 is 94.4 Å². The number of allylic oxidation sites excluding steroid dienone is 1. The first-order valence-corrected chi connectivity index (χ1v) is 34.9. The van der Waals surface area contributed by atoms with Gasteiger partial charge < -0.3 is 51.2 Å². The number of likely N-dealkylation sites (tertiary alicyclic amines) is 1. The van der Waals surface area contributed by atoms with Gasteiger partial charge in [0.1, 0.15) is 53.1 Å². The van der Waals surface area contributed by atoms with Crippen molar-refractivity contribution in [3.05, 3.63) is 168 Å². The number of amides is 1. The number of nitrogens with zero attached hydrogens (tertiary/aromatic N) is 13. The molecule has 0 spiro atoms. The van der Waals surface area contributed by atoms with Crippen LogP contribution in [-0.4, -0.2) is 131 Å². The Labute approximate surface area is 650 Å². The van der Waals surface area contributed by atoms with Gasteiger partial charge in [0.15, 0.2) is 34.1 Å². The fourth-order valence-electron chi connectivity index (χ4n) is 12.0. The Morgan fingerprint density at radius 3 is 1.36 bits per heavy atom. The summed E-state index contributed by atoms with van der Waals surface area (Å²) >= 11 is 43.5. The maximum Gasteiger partial charge on any atom is 0.417 e. The smallest absolute Gasteiger partial charge is 0.417 e. The van der Waals surface area contributed by atoms with Crippen LogP contribution < -0.4 is 19.5 Å². The quantitative estimate of drug-likeness (QED) is 0.105. The number of carbonyl (C=O) groups excluding carboxylic acids is 2. The number of ketones is 1. The van der Waals surface area contributed by atoms with Gasteiger partial charge in [0, 0.05) is 98.7 Å². The molecule has 1 N–H and O–H groups in total. The summed E-state index contributed by atoms with van der Waals surface area (Å²) < 4.78 is 211. The zero-order valence-electron chi connectivity index (χ0n) is 56.8. The zero-order valence-corrected chi connectivity index (χ0v) is 62.1. The second kappa shape index (κ2) is 29.8. The largest absolute Gasteiger partial charge is 0.491 e. The van der Waals surface area contributed by atoms with E-state index >= 15 is 0 Å². The monoisotopic (exact) mass is 1690 g/mol. The number of alkyl halides is 13. The lowest BCUT2D eigenvalue weighted by Crippen LogP contribution is -2.54. The van der Waals surface area contributed by atoms with Crippen molar-refractivity contribution in [3.63, 3.8) is 0 Å². The van der Waals surface area contributed by atoms with E-state index in [0.717, 1.165) is 50.0 Å². The first kappa shape index (κ1) is 79.4. The third kappa shape index (κ3) is 16.9. The number of ether oxygens (including phenoxy) is 3. The molecule has 0 bridgehead atoms. The van der Waals surface area contributed by atoms with Crippen molar-refractivity contribution in [3.8, 4) is 86.2 Å². The topological polar surface area (TPSA) is 246 Å². The molecule has 42 heteroatoms. The number of hydrogen-bond donors (Lipinski definition) is 1. The fraction of sp³-hybridized carbons (Fsp3) is 0.290. The highest BCUT2D eigenvalue weighted by atomic mass is 35.5. The molecule has 9 aromatic heterocycles. The Morgan fingerprint density at radius 1 is 0.532 bits per heavy atom. The summed E-state index contributed by atoms with van der Waals surface area (Å²) in [6.45, 7) is 7.72. The molecule has 5 atom stereocenters. The fourth-order valence-corrected chi connectivity index (χ4v) is 13.7. The van der Waals surface area contributed by atoms with E-state index in [-0.39, 0.29) is 171 Å². The van der Waals surface area contributed by atoms with Crippen LogP contribution in [0.25, 0.3) is 85.9 Å². The van der Waals surface area contributed by atoms with Crippen LogP contribution in [0.3, 0.4) is 0 Å². The number of fused-ring (bicyclic) bond motifs is 3. The molecular weight excluding hydrogens is 1650 g/mol. The van der Waals surface area contributed by atoms with E-state index in [9.17, 15) is 66.7 Å². The Hall–Kier alpha value is -9.65. The summed E-state index contributed by atoms with van der Waals surface area (Å²) in [5, 5.41) is 14.2. The lowest BCUT2D eigenvalue weighted by Gasteiger charge is -2.37. The zero-order chi connectivity index (χ0) is 80.1. The first-order valence-electron chi connectivity index (χ1n) is 32.3. The van der Waals surface area contributed by atoms with Crippen LogP contribution in [0.1, 0.15) is 68.2 Å². The van der Waals surface area contributed by atoms with E-state index in [0.29, 0.717) is 23.3 Å². The number of pyridine rings is 3. The predicted octanol–water partition coefficient (Wildman–Crippen LogP) is 19.5. The minimum absolute atomic E-state index is 0.00947. The number of aromatic nitrogens is 12. The molecule has 15 rings (SSSR count). The molecule has 0 radical (unpaired) electrons. The summed E-state index contributed by atoms with van der Waals surface area (Å²) in [4.78, 5) is 50.2. The van der Waals surface area contributed by atoms with Crippen LogP contribution in [0.4, 0.5) is 57.1 Å². The van der Waals surface area contributed by atoms with Crippen LogP contribution in [0.5, 0.6) is 17.2 Å². The van der Waals surface area contributed by atoms with Gasteiger partial charge in [-0.15, -0.1) is 0 Å². The van der Waals surface area contributed by atoms with Crippen molar-refractivity contribution in [1.82, 2.24) is 68.8 Å². The van der Waals surface area contributed by atoms with E-state index in [4.69, 9.17) is 109 Å². The maximum atomic E-state index is 14.6. The van der Waals surface area contributed by atoms with Crippen LogP contribution in [0.2, 0.25) is 35.2 Å². The highest BCUT2D eigenvalue weighted by molar-refractivity contribution is 6.37. The van der Waals surface area contributed by atoms with Gasteiger partial charge in [0.05, 0.1) is 70.1 Å². The molecule has 12 aromatic rings. The standard InChI is InChI=1S/C23H16Cl3F4N5O3.C23H15Cl3F4N4O3.C23H17ClF5N5O2/c1-22(27)6-11(8-34(2)21(22)36)37-17-5-13(24)12(4-14(17)25)18-32-20(38-33-18)16-9-35-7-10(23(28,29)30)3-15(26)19(35)31-16;1-22(27)7-11(2-3-18(22)35)36-17-6-13(24)12(5-14(17)25)19-32-21(37-33-19)16-9-34-8-10(23(28,29)30)4-15(26)20(34)31-16;1-11-5-13(3-4-18(11)35-10-15-7-22(25,26)12(2)30-15)19-32-21(36-33-19)17-9-34-8-14(23(27,28)29)6-16(24)20(34)31-17/h3-5,7,9,11H,6,8H2,1-2H3;4-6,8-9,11H,2-3,7H2,1H3;3-6,8-9,15,30H,2,7,10H2,1H3/t;;15-/m..1/s1. The summed E-state index contributed by atoms with van der Waals surface area (Å²) in [6, 6.07) is 12.5. The molecule has 1 aliphatic carbocycles. The second-order valence-electron chi connectivity index (χ2n) is 26.0. The van der Waals surface area contributed by atoms with Crippen LogP contribution in [0, 0.1) is 6.92 Å². The minimum atomic E-state index is -4.60. The van der Waals surface area contributed by atoms with Crippen molar-refractivity contribution >= 4 is 110 Å². The molecule has 2 aliphatic heterocycles. The van der Waals surface area contributed by atoms with Crippen molar-refractivity contribution in [1.29, 1.82) is 0 Å². The maximum absolute atomic E-state index is 14.6. The number of rotatable bonds is 13. The Kier molecular flexibility index (Phi) is 21.3. The summed E-state index contributed by atoms with van der Waals surface area (Å²) in [6.07, 6.45) is -8.84. The second-order valence-corrected chi connectivity index (χ2v) is 28.9. The SMILES string of the molecule is C=C1N[C@@H](COc2ccc(-c3noc(-c4cn5cc(C(F)(F)F)cc(Cl)c5n4)n3)cc2C)CC1(F)F.CC1(F)CC(Oc2cc(Cl)c(-c3noc(-c4cn5cc(C(F)(F)F)cc(Cl)c5n4)n3)cc2Cl)CCC1=O.CN1CC(Oc2cc(Cl)c(-c3noc(-c4cn5cc(C(F)(F)F)cc(Cl)c5n4)n3)cc2Cl)CC(C)(F)C1=O. The van der Waals surface area contributed by atoms with E-state index in [1.807, 2.05) is 0 Å². The number of Topliss-reactive ketones (excluding diaryl/α,β-unsaturated/α-hetero) is 1. The molecule has 3 fully saturated rings. The van der Waals surface area contributed by atoms with Gasteiger partial charge in [-0.2, -0.15) is 63.2 Å². The average Bonchev–Trinajstić information content (AvgIpc) is 1.70. The third-order valence-corrected chi connectivity index (χ3v) is 19.6. The van der Waals surface area contributed by atoms with Gasteiger partial charge in [-0.05, 0) is 81.3 Å². The highest BCUT2D eigenvalue weighted by Crippen LogP contribution is 2.44. The number of imidazole rings is 3. The number of likely N-dealkylation sites (N-methyl/N-ethyl adjacent to an activating group) is 1. The number of nitrogens with one attached hydrogen (secondary N) is 1. The van der Waals surface area contributed by atoms with Gasteiger partial charge in [-0.1, -0.05) is 103 Å². The lowest BCUT2D eigenvalue weighted by atomic mass is 9.85. The predicted molar refractivity (Wildman–Crippen MR) is 377 cm³/mol. The number of halogens is 20. The van der Waals surface area contributed by atoms with Gasteiger partial charge >= 0.3 is 18.5 Å². The molecular formula is C69H48Cl7F13N14O8. The molecule has 3 aliphatic rings. The van der Waals surface area contributed by atoms with Crippen LogP contribution in [0.15, 0.2) is 124 Å². The van der Waals surface area contributed by atoms with Gasteiger partial charge in [-0.25, -0.2) is 23.7 Å². The Bertz CT molecular complexity index is 5660. The number of aryl methyl sites for hydroxylation is 1. The molecule has 2 saturated heterocycles. The minimum Gasteiger partial charge on any atom is -0.491 e. The number of hydrogen-bond acceptors (Lipinski definition) is 18. The van der Waals surface area contributed by atoms with Crippen molar-refractivity contribution in [2.45, 2.75) is 107 Å². The molecule has 3 aromatic carbocycles. The van der Waals surface area contributed by atoms with Crippen LogP contribution >= 0.6 is 81.2 Å². The number of benzene rings is 3. The lowest BCUT2D eigenvalue weighted by molar-refractivity contribution is -0.150. The molecule has 22 nitrogen and oxygen atoms in total. The van der Waals surface area contributed by atoms with E-state index < -0.39 is 82.4 Å². The van der Waals surface area contributed by atoms with Gasteiger partial charge in [-0.3, -0.25) is 9.59 Å². The summed E-state index contributed by atoms with van der Waals surface area (Å²) in [5.41, 5.74) is -4.78. The number of piperidine rings is 1. The summed E-state index contributed by atoms with van der Waals surface area (Å²) in [7, 11) is 1.48. The summed E-state index contributed by atoms with van der Waals surface area (Å²) in [5.74, 6) is -3.11. The molecule has 1 saturated carbocycles. The molecule has 1 amide bonds. The van der Waals surface area contributed by atoms with E-state index in [1.54, 1.807) is 25.1 Å². The van der Waals surface area contributed by atoms with Gasteiger partial charge in [0.25, 0.3) is 29.5 Å².